The summed E-state index contributed by atoms with van der Waals surface area (Å²) in [5.41, 5.74) is 2.16. The van der Waals surface area contributed by atoms with Gasteiger partial charge >= 0.3 is 5.97 Å². The van der Waals surface area contributed by atoms with Crippen molar-refractivity contribution in [3.05, 3.63) is 29.3 Å². The van der Waals surface area contributed by atoms with E-state index in [1.165, 1.54) is 0 Å². The number of nitrogens with zero attached hydrogens (tertiary/aromatic N) is 1. The summed E-state index contributed by atoms with van der Waals surface area (Å²) in [6.07, 6.45) is 3.70. The third-order valence-electron chi connectivity index (χ3n) is 4.36. The number of aromatic carboxylic acids is 1. The molecular weight excluding hydrogens is 268 g/mol. The molecular formula is C16H20N2O3. The van der Waals surface area contributed by atoms with Gasteiger partial charge in [-0.1, -0.05) is 0 Å². The second kappa shape index (κ2) is 5.85. The van der Waals surface area contributed by atoms with E-state index in [0.717, 1.165) is 56.6 Å². The van der Waals surface area contributed by atoms with E-state index >= 15 is 0 Å². The molecule has 1 fully saturated rings. The summed E-state index contributed by atoms with van der Waals surface area (Å²) in [5, 5.41) is 12.4. The third-order valence-corrected chi connectivity index (χ3v) is 4.36. The zero-order chi connectivity index (χ0) is 14.8. The minimum atomic E-state index is -0.919. The Balaban J connectivity index is 1.86. The van der Waals surface area contributed by atoms with Crippen molar-refractivity contribution in [2.45, 2.75) is 25.7 Å². The van der Waals surface area contributed by atoms with Crippen molar-refractivity contribution in [3.8, 4) is 0 Å². The van der Waals surface area contributed by atoms with E-state index in [9.17, 15) is 9.59 Å². The zero-order valence-corrected chi connectivity index (χ0v) is 12.0. The lowest BCUT2D eigenvalue weighted by Crippen LogP contribution is -2.45. The number of nitrogens with one attached hydrogen (secondary N) is 1. The van der Waals surface area contributed by atoms with Crippen LogP contribution < -0.4 is 10.2 Å². The van der Waals surface area contributed by atoms with Crippen molar-refractivity contribution in [3.63, 3.8) is 0 Å². The molecule has 1 amide bonds. The molecule has 0 saturated carbocycles. The molecule has 5 nitrogen and oxygen atoms in total. The Hall–Kier alpha value is -1.88. The van der Waals surface area contributed by atoms with Crippen molar-refractivity contribution >= 4 is 17.6 Å². The van der Waals surface area contributed by atoms with Gasteiger partial charge in [-0.25, -0.2) is 4.79 Å². The van der Waals surface area contributed by atoms with Crippen LogP contribution in [0.2, 0.25) is 0 Å². The number of hydrogen-bond acceptors (Lipinski definition) is 3. The lowest BCUT2D eigenvalue weighted by atomic mass is 9.94. The van der Waals surface area contributed by atoms with Crippen LogP contribution in [0.1, 0.15) is 35.2 Å². The summed E-state index contributed by atoms with van der Waals surface area (Å²) in [6, 6.07) is 5.08. The first-order valence-electron chi connectivity index (χ1n) is 7.55. The summed E-state index contributed by atoms with van der Waals surface area (Å²) >= 11 is 0. The molecule has 1 aromatic carbocycles. The Morgan fingerprint density at radius 2 is 2.14 bits per heavy atom. The standard InChI is InChI=1S/C16H20N2O3/c19-15(13-3-1-7-17-10-13)18-8-2-4-11-9-12(16(20)21)5-6-14(11)18/h5-6,9,13,17H,1-4,7-8,10H2,(H,20,21). The van der Waals surface area contributed by atoms with Crippen LogP contribution in [0.5, 0.6) is 0 Å². The minimum absolute atomic E-state index is 0.0452. The molecule has 2 aliphatic heterocycles. The molecule has 1 saturated heterocycles. The quantitative estimate of drug-likeness (QED) is 0.868. The molecule has 0 bridgehead atoms. The van der Waals surface area contributed by atoms with Crippen LogP contribution in [0, 0.1) is 5.92 Å². The van der Waals surface area contributed by atoms with Gasteiger partial charge in [0.15, 0.2) is 0 Å². The van der Waals surface area contributed by atoms with Crippen molar-refractivity contribution in [1.29, 1.82) is 0 Å². The van der Waals surface area contributed by atoms with Crippen LogP contribution in [0.4, 0.5) is 5.69 Å². The van der Waals surface area contributed by atoms with E-state index < -0.39 is 5.97 Å². The first-order valence-corrected chi connectivity index (χ1v) is 7.55. The highest BCUT2D eigenvalue weighted by Crippen LogP contribution is 2.30. The van der Waals surface area contributed by atoms with Gasteiger partial charge in [0.1, 0.15) is 0 Å². The fourth-order valence-electron chi connectivity index (χ4n) is 3.24. The number of anilines is 1. The number of fused-ring (bicyclic) bond motifs is 1. The second-order valence-corrected chi connectivity index (χ2v) is 5.79. The summed E-state index contributed by atoms with van der Waals surface area (Å²) < 4.78 is 0. The number of hydrogen-bond donors (Lipinski definition) is 2. The topological polar surface area (TPSA) is 69.6 Å². The third kappa shape index (κ3) is 2.78. The predicted octanol–water partition coefficient (Wildman–Crippen LogP) is 1.66. The molecule has 2 aliphatic rings. The molecule has 112 valence electrons. The van der Waals surface area contributed by atoms with E-state index in [-0.39, 0.29) is 11.8 Å². The van der Waals surface area contributed by atoms with Gasteiger partial charge in [0.2, 0.25) is 5.91 Å². The maximum absolute atomic E-state index is 12.7. The van der Waals surface area contributed by atoms with Gasteiger partial charge in [-0.05, 0) is 56.0 Å². The predicted molar refractivity (Wildman–Crippen MR) is 79.7 cm³/mol. The fourth-order valence-corrected chi connectivity index (χ4v) is 3.24. The molecule has 21 heavy (non-hydrogen) atoms. The van der Waals surface area contributed by atoms with Crippen molar-refractivity contribution in [2.75, 3.05) is 24.5 Å². The second-order valence-electron chi connectivity index (χ2n) is 5.79. The number of carboxylic acids is 1. The van der Waals surface area contributed by atoms with Crippen LogP contribution in [0.15, 0.2) is 18.2 Å². The largest absolute Gasteiger partial charge is 0.478 e. The molecule has 5 heteroatoms. The van der Waals surface area contributed by atoms with Gasteiger partial charge in [-0.15, -0.1) is 0 Å². The Labute approximate surface area is 123 Å². The number of carbonyl (C=O) groups excluding carboxylic acids is 1. The average Bonchev–Trinajstić information content (AvgIpc) is 2.54. The summed E-state index contributed by atoms with van der Waals surface area (Å²) in [6.45, 7) is 2.47. The number of benzene rings is 1. The van der Waals surface area contributed by atoms with E-state index in [2.05, 4.69) is 5.32 Å². The monoisotopic (exact) mass is 288 g/mol. The minimum Gasteiger partial charge on any atom is -0.478 e. The SMILES string of the molecule is O=C(O)c1ccc2c(c1)CCCN2C(=O)C1CCCNC1. The van der Waals surface area contributed by atoms with Gasteiger partial charge in [0.25, 0.3) is 0 Å². The molecule has 1 aromatic rings. The normalized spacial score (nSPS) is 21.7. The van der Waals surface area contributed by atoms with Gasteiger partial charge in [-0.3, -0.25) is 4.79 Å². The Morgan fingerprint density at radius 1 is 1.29 bits per heavy atom. The highest BCUT2D eigenvalue weighted by molar-refractivity contribution is 5.97. The molecule has 1 atom stereocenters. The molecule has 0 aromatic heterocycles. The Morgan fingerprint density at radius 3 is 2.86 bits per heavy atom. The van der Waals surface area contributed by atoms with Crippen molar-refractivity contribution in [1.82, 2.24) is 5.32 Å². The van der Waals surface area contributed by atoms with Gasteiger partial charge in [0.05, 0.1) is 11.5 Å². The van der Waals surface area contributed by atoms with Crippen LogP contribution in [0.3, 0.4) is 0 Å². The zero-order valence-electron chi connectivity index (χ0n) is 12.0. The van der Waals surface area contributed by atoms with E-state index in [1.54, 1.807) is 18.2 Å². The van der Waals surface area contributed by atoms with Crippen LogP contribution in [-0.2, 0) is 11.2 Å². The van der Waals surface area contributed by atoms with Crippen molar-refractivity contribution in [2.24, 2.45) is 5.92 Å². The Kier molecular flexibility index (Phi) is 3.92. The maximum Gasteiger partial charge on any atom is 0.335 e. The summed E-state index contributed by atoms with van der Waals surface area (Å²) in [4.78, 5) is 25.6. The Bertz CT molecular complexity index is 565. The summed E-state index contributed by atoms with van der Waals surface area (Å²) in [7, 11) is 0. The number of amides is 1. The smallest absolute Gasteiger partial charge is 0.335 e. The first-order chi connectivity index (χ1) is 10.2. The lowest BCUT2D eigenvalue weighted by Gasteiger charge is -2.34. The fraction of sp³-hybridized carbons (Fsp3) is 0.500. The maximum atomic E-state index is 12.7. The molecule has 2 heterocycles. The number of rotatable bonds is 2. The number of carbonyl (C=O) groups is 2. The van der Waals surface area contributed by atoms with Crippen LogP contribution in [0.25, 0.3) is 0 Å². The van der Waals surface area contributed by atoms with Crippen LogP contribution >= 0.6 is 0 Å². The lowest BCUT2D eigenvalue weighted by molar-refractivity contribution is -0.122. The number of aryl methyl sites for hydroxylation is 1. The highest BCUT2D eigenvalue weighted by Gasteiger charge is 2.29. The molecule has 0 aliphatic carbocycles. The number of piperidine rings is 1. The first kappa shape index (κ1) is 14.1. The van der Waals surface area contributed by atoms with Crippen molar-refractivity contribution < 1.29 is 14.7 Å². The van der Waals surface area contributed by atoms with E-state index in [0.29, 0.717) is 5.56 Å². The molecule has 2 N–H and O–H groups in total. The van der Waals surface area contributed by atoms with Gasteiger partial charge in [-0.2, -0.15) is 0 Å². The van der Waals surface area contributed by atoms with Gasteiger partial charge < -0.3 is 15.3 Å². The van der Waals surface area contributed by atoms with E-state index in [4.69, 9.17) is 5.11 Å². The molecule has 0 spiro atoms. The van der Waals surface area contributed by atoms with Gasteiger partial charge in [0, 0.05) is 18.8 Å². The van der Waals surface area contributed by atoms with E-state index in [1.807, 2.05) is 4.90 Å². The molecule has 0 radical (unpaired) electrons. The average molecular weight is 288 g/mol. The molecule has 1 unspecified atom stereocenters. The molecule has 3 rings (SSSR count). The van der Waals surface area contributed by atoms with Crippen LogP contribution in [-0.4, -0.2) is 36.6 Å². The highest BCUT2D eigenvalue weighted by atomic mass is 16.4. The number of carboxylic acid groups (broad SMARTS) is 1. The summed E-state index contributed by atoms with van der Waals surface area (Å²) in [5.74, 6) is -0.701.